The Morgan fingerprint density at radius 2 is 1.57 bits per heavy atom. The molecule has 246 valence electrons. The van der Waals surface area contributed by atoms with Crippen molar-refractivity contribution in [3.8, 4) is 16.9 Å². The number of carbonyl (C=O) groups is 1. The molecule has 3 fully saturated rings. The molecule has 3 saturated heterocycles. The summed E-state index contributed by atoms with van der Waals surface area (Å²) in [6.45, 7) is 5.19. The molecular formula is C39H50N2O5. The van der Waals surface area contributed by atoms with Gasteiger partial charge in [-0.15, -0.1) is 0 Å². The molecule has 0 radical (unpaired) electrons. The van der Waals surface area contributed by atoms with Crippen LogP contribution in [0.3, 0.4) is 0 Å². The van der Waals surface area contributed by atoms with Crippen molar-refractivity contribution in [2.24, 2.45) is 5.92 Å². The van der Waals surface area contributed by atoms with E-state index in [4.69, 9.17) is 18.9 Å². The molecule has 6 rings (SSSR count). The van der Waals surface area contributed by atoms with Gasteiger partial charge >= 0.3 is 6.09 Å². The number of rotatable bonds is 15. The number of hydrogen-bond acceptors (Lipinski definition) is 6. The molecular weight excluding hydrogens is 576 g/mol. The fourth-order valence-electron chi connectivity index (χ4n) is 7.19. The van der Waals surface area contributed by atoms with Crippen LogP contribution >= 0.6 is 0 Å². The molecule has 46 heavy (non-hydrogen) atoms. The van der Waals surface area contributed by atoms with Crippen LogP contribution in [-0.2, 0) is 14.2 Å². The monoisotopic (exact) mass is 626 g/mol. The van der Waals surface area contributed by atoms with Crippen molar-refractivity contribution in [2.75, 3.05) is 39.5 Å². The van der Waals surface area contributed by atoms with Gasteiger partial charge in [0.05, 0.1) is 25.9 Å². The first-order valence-electron chi connectivity index (χ1n) is 17.5. The van der Waals surface area contributed by atoms with E-state index < -0.39 is 0 Å². The van der Waals surface area contributed by atoms with Gasteiger partial charge in [0, 0.05) is 13.1 Å². The van der Waals surface area contributed by atoms with E-state index in [2.05, 4.69) is 64.8 Å². The smallest absolute Gasteiger partial charge is 0.408 e. The van der Waals surface area contributed by atoms with E-state index in [9.17, 15) is 4.79 Å². The Hall–Kier alpha value is -3.39. The number of alkyl carbamates (subject to hydrolysis) is 1. The number of carbonyl (C=O) groups excluding carboxylic acids is 1. The molecule has 1 amide bonds. The second kappa shape index (κ2) is 17.0. The molecule has 3 unspecified atom stereocenters. The minimum absolute atomic E-state index is 0.0158. The van der Waals surface area contributed by atoms with E-state index in [0.717, 1.165) is 93.0 Å². The summed E-state index contributed by atoms with van der Waals surface area (Å²) in [6, 6.07) is 26.5. The topological polar surface area (TPSA) is 69.3 Å². The lowest BCUT2D eigenvalue weighted by Gasteiger charge is -2.41. The van der Waals surface area contributed by atoms with Crippen LogP contribution < -0.4 is 10.1 Å². The molecule has 2 bridgehead atoms. The Morgan fingerprint density at radius 3 is 2.35 bits per heavy atom. The molecule has 4 atom stereocenters. The van der Waals surface area contributed by atoms with Gasteiger partial charge in [0.2, 0.25) is 0 Å². The maximum absolute atomic E-state index is 13.4. The second-order valence-corrected chi connectivity index (χ2v) is 13.1. The minimum Gasteiger partial charge on any atom is -0.494 e. The first-order chi connectivity index (χ1) is 22.7. The summed E-state index contributed by atoms with van der Waals surface area (Å²) in [6.07, 6.45) is 10.9. The zero-order valence-electron chi connectivity index (χ0n) is 27.1. The molecule has 0 aliphatic carbocycles. The summed E-state index contributed by atoms with van der Waals surface area (Å²) >= 11 is 0. The van der Waals surface area contributed by atoms with E-state index in [0.29, 0.717) is 12.5 Å². The van der Waals surface area contributed by atoms with E-state index in [1.807, 2.05) is 24.3 Å². The fourth-order valence-corrected chi connectivity index (χ4v) is 7.19. The predicted molar refractivity (Wildman–Crippen MR) is 181 cm³/mol. The number of unbranched alkanes of at least 4 members (excludes halogenated alkanes) is 5. The molecule has 0 saturated carbocycles. The standard InChI is InChI=1S/C39H50N2O5/c42-39(46-36-24-30-14-13-20-41(28-30)29-36)40-38(32-17-9-6-10-18-32)34-25-33(31-15-7-5-8-16-31)26-35(27-34)43-21-12-4-2-1-3-11-19-37-44-22-23-45-37/h5-10,15-18,25-27,30,36-38H,1-4,11-14,19-24,28-29H2,(H,40,42)/t30?,36-,38?/m1/s1. The summed E-state index contributed by atoms with van der Waals surface area (Å²) in [4.78, 5) is 15.9. The molecule has 3 aromatic rings. The number of fused-ring (bicyclic) bond motifs is 2. The van der Waals surface area contributed by atoms with Crippen LogP contribution in [0.5, 0.6) is 5.75 Å². The number of ether oxygens (including phenoxy) is 4. The van der Waals surface area contributed by atoms with Crippen molar-refractivity contribution in [2.45, 2.75) is 82.6 Å². The SMILES string of the molecule is O=C(NC(c1ccccc1)c1cc(OCCCCCCCCC2OCCO2)cc(-c2ccccc2)c1)O[C@@H]1CC2CCCN(C2)C1. The highest BCUT2D eigenvalue weighted by atomic mass is 16.7. The largest absolute Gasteiger partial charge is 0.494 e. The summed E-state index contributed by atoms with van der Waals surface area (Å²) in [5.74, 6) is 1.44. The number of piperidine rings is 2. The van der Waals surface area contributed by atoms with Crippen LogP contribution in [0, 0.1) is 5.92 Å². The maximum atomic E-state index is 13.4. The van der Waals surface area contributed by atoms with Crippen molar-refractivity contribution in [3.63, 3.8) is 0 Å². The third-order valence-corrected chi connectivity index (χ3v) is 9.49. The molecule has 3 aromatic carbocycles. The molecule has 7 nitrogen and oxygen atoms in total. The molecule has 3 aliphatic rings. The Labute approximate surface area is 274 Å². The van der Waals surface area contributed by atoms with Gasteiger partial charge in [-0.25, -0.2) is 4.79 Å². The highest BCUT2D eigenvalue weighted by molar-refractivity contribution is 5.71. The number of nitrogens with one attached hydrogen (secondary N) is 1. The van der Waals surface area contributed by atoms with Gasteiger partial charge in [-0.05, 0) is 91.4 Å². The molecule has 1 N–H and O–H groups in total. The summed E-state index contributed by atoms with van der Waals surface area (Å²) in [7, 11) is 0. The van der Waals surface area contributed by atoms with Gasteiger partial charge in [-0.3, -0.25) is 4.90 Å². The van der Waals surface area contributed by atoms with Crippen LogP contribution in [0.1, 0.15) is 81.4 Å². The number of benzene rings is 3. The van der Waals surface area contributed by atoms with Gasteiger partial charge in [-0.1, -0.05) is 86.3 Å². The minimum atomic E-state index is -0.372. The molecule has 3 aliphatic heterocycles. The van der Waals surface area contributed by atoms with Gasteiger partial charge in [0.15, 0.2) is 6.29 Å². The van der Waals surface area contributed by atoms with E-state index >= 15 is 0 Å². The number of nitrogens with zero attached hydrogens (tertiary/aromatic N) is 1. The average Bonchev–Trinajstić information content (AvgIpc) is 3.61. The Balaban J connectivity index is 1.10. The van der Waals surface area contributed by atoms with Gasteiger partial charge in [0.1, 0.15) is 11.9 Å². The molecule has 7 heteroatoms. The van der Waals surface area contributed by atoms with Gasteiger partial charge in [-0.2, -0.15) is 0 Å². The van der Waals surface area contributed by atoms with Crippen LogP contribution in [0.25, 0.3) is 11.1 Å². The third-order valence-electron chi connectivity index (χ3n) is 9.49. The highest BCUT2D eigenvalue weighted by Crippen LogP contribution is 2.33. The number of hydrogen-bond donors (Lipinski definition) is 1. The quantitative estimate of drug-likeness (QED) is 0.172. The lowest BCUT2D eigenvalue weighted by molar-refractivity contribution is -0.0480. The Morgan fingerprint density at radius 1 is 0.826 bits per heavy atom. The van der Waals surface area contributed by atoms with Crippen molar-refractivity contribution in [1.29, 1.82) is 0 Å². The lowest BCUT2D eigenvalue weighted by Crippen LogP contribution is -2.49. The van der Waals surface area contributed by atoms with Crippen LogP contribution in [0.2, 0.25) is 0 Å². The molecule has 0 aromatic heterocycles. The summed E-state index contributed by atoms with van der Waals surface area (Å²) in [5, 5.41) is 3.24. The van der Waals surface area contributed by atoms with Gasteiger partial charge in [0.25, 0.3) is 0 Å². The lowest BCUT2D eigenvalue weighted by atomic mass is 9.88. The van der Waals surface area contributed by atoms with Crippen LogP contribution in [0.15, 0.2) is 78.9 Å². The third kappa shape index (κ3) is 9.57. The fraction of sp³-hybridized carbons (Fsp3) is 0.513. The maximum Gasteiger partial charge on any atom is 0.408 e. The first-order valence-corrected chi connectivity index (χ1v) is 17.5. The molecule has 0 spiro atoms. The zero-order chi connectivity index (χ0) is 31.4. The van der Waals surface area contributed by atoms with E-state index in [1.54, 1.807) is 0 Å². The van der Waals surface area contributed by atoms with Crippen LogP contribution in [0.4, 0.5) is 4.79 Å². The normalized spacial score (nSPS) is 21.9. The average molecular weight is 627 g/mol. The van der Waals surface area contributed by atoms with Gasteiger partial charge < -0.3 is 24.3 Å². The van der Waals surface area contributed by atoms with Crippen LogP contribution in [-0.4, -0.2) is 62.8 Å². The van der Waals surface area contributed by atoms with E-state index in [1.165, 1.54) is 32.1 Å². The Kier molecular flexibility index (Phi) is 12.0. The zero-order valence-corrected chi connectivity index (χ0v) is 27.1. The van der Waals surface area contributed by atoms with Crippen molar-refractivity contribution >= 4 is 6.09 Å². The van der Waals surface area contributed by atoms with Crippen molar-refractivity contribution < 1.29 is 23.7 Å². The second-order valence-electron chi connectivity index (χ2n) is 13.1. The first kappa shape index (κ1) is 32.5. The van der Waals surface area contributed by atoms with Crippen molar-refractivity contribution in [1.82, 2.24) is 10.2 Å². The predicted octanol–water partition coefficient (Wildman–Crippen LogP) is 8.14. The number of amides is 1. The summed E-state index contributed by atoms with van der Waals surface area (Å²) < 4.78 is 23.5. The van der Waals surface area contributed by atoms with E-state index in [-0.39, 0.29) is 24.5 Å². The van der Waals surface area contributed by atoms with Crippen molar-refractivity contribution in [3.05, 3.63) is 90.0 Å². The molecule has 3 heterocycles. The summed E-state index contributed by atoms with van der Waals surface area (Å²) in [5.41, 5.74) is 4.15. The highest BCUT2D eigenvalue weighted by Gasteiger charge is 2.32. The Bertz CT molecular complexity index is 1340.